The maximum Gasteiger partial charge on any atom is 0.252 e. The Morgan fingerprint density at radius 3 is 2.86 bits per heavy atom. The van der Waals surface area contributed by atoms with Crippen molar-refractivity contribution in [3.8, 4) is 0 Å². The number of hydrogen-bond donors (Lipinski definition) is 1. The molecule has 4 heteroatoms. The van der Waals surface area contributed by atoms with Gasteiger partial charge < -0.3 is 10.1 Å². The number of hydrogen-bond acceptors (Lipinski definition) is 3. The lowest BCUT2D eigenvalue weighted by Gasteiger charge is -2.28. The molecule has 2 rings (SSSR count). The van der Waals surface area contributed by atoms with Gasteiger partial charge in [0, 0.05) is 11.4 Å². The maximum atomic E-state index is 12.2. The lowest BCUT2D eigenvalue weighted by Crippen LogP contribution is -2.32. The molecule has 1 aromatic carbocycles. The lowest BCUT2D eigenvalue weighted by atomic mass is 9.88. The molecule has 0 heterocycles. The fourth-order valence-corrected chi connectivity index (χ4v) is 3.43. The Labute approximate surface area is 131 Å². The van der Waals surface area contributed by atoms with Gasteiger partial charge in [0.2, 0.25) is 0 Å². The molecule has 0 unspecified atom stereocenters. The van der Waals surface area contributed by atoms with E-state index in [0.717, 1.165) is 16.9 Å². The summed E-state index contributed by atoms with van der Waals surface area (Å²) in [6.45, 7) is 3.43. The summed E-state index contributed by atoms with van der Waals surface area (Å²) >= 11 is 1.59. The van der Waals surface area contributed by atoms with E-state index in [-0.39, 0.29) is 5.91 Å². The molecule has 1 aromatic rings. The van der Waals surface area contributed by atoms with Crippen LogP contribution in [-0.2, 0) is 4.74 Å². The number of ether oxygens (including phenoxy) is 1. The molecule has 1 aliphatic carbocycles. The fourth-order valence-electron chi connectivity index (χ4n) is 2.83. The third kappa shape index (κ3) is 4.75. The van der Waals surface area contributed by atoms with Crippen LogP contribution >= 0.6 is 11.8 Å². The van der Waals surface area contributed by atoms with Crippen LogP contribution in [0, 0.1) is 5.92 Å². The standard InChI is InChI=1S/C17H25NO2S/c1-13-7-3-5-9-15(13)20-12-11-18-17(19)14-8-4-6-10-16(14)21-2/h4,6,8,10,13,15H,3,5,7,9,11-12H2,1-2H3,(H,18,19)/t13-,15-/m1/s1. The van der Waals surface area contributed by atoms with E-state index in [0.29, 0.717) is 25.2 Å². The molecule has 0 bridgehead atoms. The van der Waals surface area contributed by atoms with E-state index in [9.17, 15) is 4.79 Å². The summed E-state index contributed by atoms with van der Waals surface area (Å²) < 4.78 is 5.92. The molecule has 0 aromatic heterocycles. The second-order valence-electron chi connectivity index (χ2n) is 5.63. The zero-order valence-electron chi connectivity index (χ0n) is 12.9. The van der Waals surface area contributed by atoms with Crippen molar-refractivity contribution in [2.24, 2.45) is 5.92 Å². The van der Waals surface area contributed by atoms with E-state index in [1.54, 1.807) is 11.8 Å². The number of carbonyl (C=O) groups excluding carboxylic acids is 1. The van der Waals surface area contributed by atoms with Crippen molar-refractivity contribution < 1.29 is 9.53 Å². The van der Waals surface area contributed by atoms with Crippen molar-refractivity contribution in [1.29, 1.82) is 0 Å². The van der Waals surface area contributed by atoms with Crippen LogP contribution in [0.3, 0.4) is 0 Å². The first-order valence-electron chi connectivity index (χ1n) is 7.75. The van der Waals surface area contributed by atoms with Gasteiger partial charge in [-0.3, -0.25) is 4.79 Å². The predicted molar refractivity (Wildman–Crippen MR) is 87.9 cm³/mol. The molecule has 116 valence electrons. The van der Waals surface area contributed by atoms with E-state index in [1.165, 1.54) is 19.3 Å². The Bertz CT molecular complexity index is 464. The van der Waals surface area contributed by atoms with Crippen LogP contribution in [0.2, 0.25) is 0 Å². The van der Waals surface area contributed by atoms with Crippen LogP contribution in [0.15, 0.2) is 29.2 Å². The highest BCUT2D eigenvalue weighted by atomic mass is 32.2. The Balaban J connectivity index is 1.74. The number of nitrogens with one attached hydrogen (secondary N) is 1. The minimum Gasteiger partial charge on any atom is -0.376 e. The van der Waals surface area contributed by atoms with Gasteiger partial charge in [-0.05, 0) is 37.1 Å². The minimum absolute atomic E-state index is 0.0137. The van der Waals surface area contributed by atoms with Crippen LogP contribution < -0.4 is 5.32 Å². The Morgan fingerprint density at radius 2 is 2.10 bits per heavy atom. The summed E-state index contributed by atoms with van der Waals surface area (Å²) in [5.41, 5.74) is 0.746. The Morgan fingerprint density at radius 1 is 1.33 bits per heavy atom. The zero-order chi connectivity index (χ0) is 15.1. The minimum atomic E-state index is -0.0137. The normalized spacial score (nSPS) is 22.0. The van der Waals surface area contributed by atoms with Gasteiger partial charge in [-0.2, -0.15) is 0 Å². The van der Waals surface area contributed by atoms with E-state index in [2.05, 4.69) is 12.2 Å². The van der Waals surface area contributed by atoms with Gasteiger partial charge >= 0.3 is 0 Å². The van der Waals surface area contributed by atoms with Crippen LogP contribution in [0.25, 0.3) is 0 Å². The highest BCUT2D eigenvalue weighted by molar-refractivity contribution is 7.98. The van der Waals surface area contributed by atoms with E-state index in [4.69, 9.17) is 4.74 Å². The van der Waals surface area contributed by atoms with Crippen LogP contribution in [0.4, 0.5) is 0 Å². The molecular weight excluding hydrogens is 282 g/mol. The topological polar surface area (TPSA) is 38.3 Å². The summed E-state index contributed by atoms with van der Waals surface area (Å²) in [4.78, 5) is 13.2. The summed E-state index contributed by atoms with van der Waals surface area (Å²) in [5.74, 6) is 0.631. The maximum absolute atomic E-state index is 12.2. The summed E-state index contributed by atoms with van der Waals surface area (Å²) in [5, 5.41) is 2.95. The number of benzene rings is 1. The molecule has 1 fully saturated rings. The molecule has 1 aliphatic rings. The van der Waals surface area contributed by atoms with Gasteiger partial charge in [-0.1, -0.05) is 31.9 Å². The molecule has 3 nitrogen and oxygen atoms in total. The summed E-state index contributed by atoms with van der Waals surface area (Å²) in [7, 11) is 0. The first-order valence-corrected chi connectivity index (χ1v) is 8.97. The van der Waals surface area contributed by atoms with Crippen LogP contribution in [0.5, 0.6) is 0 Å². The fraction of sp³-hybridized carbons (Fsp3) is 0.588. The van der Waals surface area contributed by atoms with Gasteiger partial charge in [0.15, 0.2) is 0 Å². The Hall–Kier alpha value is -1.00. The number of thioether (sulfide) groups is 1. The van der Waals surface area contributed by atoms with Gasteiger partial charge in [0.1, 0.15) is 0 Å². The molecule has 2 atom stereocenters. The van der Waals surface area contributed by atoms with Crippen molar-refractivity contribution in [1.82, 2.24) is 5.32 Å². The second-order valence-corrected chi connectivity index (χ2v) is 6.48. The molecular formula is C17H25NO2S. The highest BCUT2D eigenvalue weighted by Gasteiger charge is 2.21. The first-order chi connectivity index (χ1) is 10.2. The molecule has 1 saturated carbocycles. The quantitative estimate of drug-likeness (QED) is 0.643. The van der Waals surface area contributed by atoms with Crippen molar-refractivity contribution in [3.63, 3.8) is 0 Å². The number of rotatable bonds is 6. The van der Waals surface area contributed by atoms with Gasteiger partial charge in [-0.25, -0.2) is 0 Å². The molecule has 0 radical (unpaired) electrons. The zero-order valence-corrected chi connectivity index (χ0v) is 13.7. The monoisotopic (exact) mass is 307 g/mol. The van der Waals surface area contributed by atoms with Gasteiger partial charge in [0.05, 0.1) is 18.3 Å². The van der Waals surface area contributed by atoms with Crippen molar-refractivity contribution in [3.05, 3.63) is 29.8 Å². The lowest BCUT2D eigenvalue weighted by molar-refractivity contribution is -0.00294. The largest absolute Gasteiger partial charge is 0.376 e. The van der Waals surface area contributed by atoms with Gasteiger partial charge in [0.25, 0.3) is 5.91 Å². The molecule has 1 amide bonds. The molecule has 0 saturated heterocycles. The third-order valence-electron chi connectivity index (χ3n) is 4.10. The average molecular weight is 307 g/mol. The number of carbonyl (C=O) groups is 1. The summed E-state index contributed by atoms with van der Waals surface area (Å²) in [6, 6.07) is 7.69. The smallest absolute Gasteiger partial charge is 0.252 e. The summed E-state index contributed by atoms with van der Waals surface area (Å²) in [6.07, 6.45) is 7.36. The van der Waals surface area contributed by atoms with Gasteiger partial charge in [-0.15, -0.1) is 11.8 Å². The number of amides is 1. The van der Waals surface area contributed by atoms with Crippen molar-refractivity contribution >= 4 is 17.7 Å². The predicted octanol–water partition coefficient (Wildman–Crippen LogP) is 3.73. The van der Waals surface area contributed by atoms with Crippen LogP contribution in [0.1, 0.15) is 43.0 Å². The van der Waals surface area contributed by atoms with E-state index in [1.807, 2.05) is 30.5 Å². The van der Waals surface area contributed by atoms with Crippen molar-refractivity contribution in [2.75, 3.05) is 19.4 Å². The van der Waals surface area contributed by atoms with Crippen LogP contribution in [-0.4, -0.2) is 31.4 Å². The van der Waals surface area contributed by atoms with E-state index >= 15 is 0 Å². The molecule has 21 heavy (non-hydrogen) atoms. The SMILES string of the molecule is CSc1ccccc1C(=O)NCCO[C@@H]1CCCC[C@H]1C. The van der Waals surface area contributed by atoms with E-state index < -0.39 is 0 Å². The average Bonchev–Trinajstić information content (AvgIpc) is 2.52. The third-order valence-corrected chi connectivity index (χ3v) is 4.90. The molecule has 0 spiro atoms. The second kappa shape index (κ2) is 8.44. The first kappa shape index (κ1) is 16.4. The van der Waals surface area contributed by atoms with Crippen molar-refractivity contribution in [2.45, 2.75) is 43.6 Å². The highest BCUT2D eigenvalue weighted by Crippen LogP contribution is 2.26. The molecule has 1 N–H and O–H groups in total. The Kier molecular flexibility index (Phi) is 6.58. The molecule has 0 aliphatic heterocycles.